The molecule has 0 saturated carbocycles. The summed E-state index contributed by atoms with van der Waals surface area (Å²) in [5.41, 5.74) is 1.25. The third-order valence-electron chi connectivity index (χ3n) is 4.75. The number of piperidine rings is 1. The fourth-order valence-electron chi connectivity index (χ4n) is 3.34. The molecule has 1 aromatic carbocycles. The van der Waals surface area contributed by atoms with Crippen molar-refractivity contribution in [1.82, 2.24) is 20.0 Å². The Balaban J connectivity index is 1.45. The van der Waals surface area contributed by atoms with Crippen molar-refractivity contribution >= 4 is 5.91 Å². The van der Waals surface area contributed by atoms with Gasteiger partial charge in [0.05, 0.1) is 11.3 Å². The molecule has 23 heavy (non-hydrogen) atoms. The molecule has 1 saturated heterocycles. The normalized spacial score (nSPS) is 20.0. The number of para-hydroxylation sites is 1. The number of nitrogens with zero attached hydrogens (tertiary/aromatic N) is 3. The van der Waals surface area contributed by atoms with Crippen LogP contribution in [0, 0.1) is 0 Å². The molecule has 2 aromatic rings. The maximum absolute atomic E-state index is 12.3. The zero-order chi connectivity index (χ0) is 15.9. The van der Waals surface area contributed by atoms with Crippen molar-refractivity contribution in [3.05, 3.63) is 47.8 Å². The molecule has 0 aliphatic carbocycles. The topological polar surface area (TPSA) is 59.4 Å². The van der Waals surface area contributed by atoms with E-state index in [1.807, 2.05) is 42.2 Å². The van der Waals surface area contributed by atoms with E-state index >= 15 is 0 Å². The first-order valence-electron chi connectivity index (χ1n) is 7.95. The molecule has 6 nitrogen and oxygen atoms in total. The summed E-state index contributed by atoms with van der Waals surface area (Å²) in [7, 11) is 1.96. The fourth-order valence-corrected chi connectivity index (χ4v) is 3.34. The number of ether oxygens (including phenoxy) is 1. The Bertz CT molecular complexity index is 732. The van der Waals surface area contributed by atoms with Crippen molar-refractivity contribution in [3.63, 3.8) is 0 Å². The second-order valence-electron chi connectivity index (χ2n) is 6.27. The summed E-state index contributed by atoms with van der Waals surface area (Å²) in [6.45, 7) is 2.64. The predicted octanol–water partition coefficient (Wildman–Crippen LogP) is 1.53. The minimum atomic E-state index is -0.561. The van der Waals surface area contributed by atoms with Crippen molar-refractivity contribution in [2.75, 3.05) is 13.1 Å². The van der Waals surface area contributed by atoms with Crippen LogP contribution in [0.2, 0.25) is 0 Å². The first-order chi connectivity index (χ1) is 11.2. The van der Waals surface area contributed by atoms with Crippen molar-refractivity contribution in [1.29, 1.82) is 0 Å². The summed E-state index contributed by atoms with van der Waals surface area (Å²) in [4.78, 5) is 14.7. The van der Waals surface area contributed by atoms with Crippen LogP contribution >= 0.6 is 0 Å². The van der Waals surface area contributed by atoms with Crippen molar-refractivity contribution in [2.45, 2.75) is 25.1 Å². The number of likely N-dealkylation sites (tertiary alicyclic amines) is 1. The van der Waals surface area contributed by atoms with E-state index in [4.69, 9.17) is 4.74 Å². The number of rotatable bonds is 2. The van der Waals surface area contributed by atoms with Gasteiger partial charge in [0, 0.05) is 45.7 Å². The second-order valence-corrected chi connectivity index (χ2v) is 6.27. The van der Waals surface area contributed by atoms with Crippen LogP contribution in [0.5, 0.6) is 5.75 Å². The molecule has 0 radical (unpaired) electrons. The molecule has 1 aromatic heterocycles. The molecule has 0 bridgehead atoms. The summed E-state index contributed by atoms with van der Waals surface area (Å²) in [5.74, 6) is 0.656. The highest BCUT2D eigenvalue weighted by molar-refractivity contribution is 5.98. The molecule has 0 atom stereocenters. The number of aryl methyl sites for hydroxylation is 1. The van der Waals surface area contributed by atoms with Gasteiger partial charge in [-0.05, 0) is 18.2 Å². The first kappa shape index (κ1) is 14.3. The lowest BCUT2D eigenvalue weighted by atomic mass is 9.97. The van der Waals surface area contributed by atoms with Crippen LogP contribution in [0.4, 0.5) is 0 Å². The molecular formula is C17H20N4O2. The van der Waals surface area contributed by atoms with Gasteiger partial charge in [-0.15, -0.1) is 0 Å². The lowest BCUT2D eigenvalue weighted by Gasteiger charge is -2.44. The number of carbonyl (C=O) groups excluding carboxylic acids is 1. The van der Waals surface area contributed by atoms with E-state index in [0.29, 0.717) is 11.3 Å². The van der Waals surface area contributed by atoms with Crippen LogP contribution in [0.1, 0.15) is 28.9 Å². The van der Waals surface area contributed by atoms with Gasteiger partial charge in [-0.1, -0.05) is 12.1 Å². The zero-order valence-corrected chi connectivity index (χ0v) is 13.2. The summed E-state index contributed by atoms with van der Waals surface area (Å²) in [6.07, 6.45) is 3.39. The number of amides is 1. The molecule has 2 aliphatic heterocycles. The van der Waals surface area contributed by atoms with Gasteiger partial charge in [0.2, 0.25) is 0 Å². The van der Waals surface area contributed by atoms with E-state index in [0.717, 1.165) is 32.5 Å². The second kappa shape index (κ2) is 5.38. The molecule has 3 heterocycles. The molecule has 120 valence electrons. The minimum Gasteiger partial charge on any atom is -0.467 e. The Morgan fingerprint density at radius 2 is 2.04 bits per heavy atom. The van der Waals surface area contributed by atoms with Crippen molar-refractivity contribution < 1.29 is 9.53 Å². The molecule has 1 fully saturated rings. The van der Waals surface area contributed by atoms with Gasteiger partial charge >= 0.3 is 0 Å². The number of hydrogen-bond acceptors (Lipinski definition) is 4. The molecule has 1 N–H and O–H groups in total. The zero-order valence-electron chi connectivity index (χ0n) is 13.2. The Morgan fingerprint density at radius 3 is 2.78 bits per heavy atom. The Labute approximate surface area is 135 Å². The monoisotopic (exact) mass is 312 g/mol. The van der Waals surface area contributed by atoms with Gasteiger partial charge in [0.25, 0.3) is 5.91 Å². The highest BCUT2D eigenvalue weighted by Gasteiger charge is 2.42. The summed E-state index contributed by atoms with van der Waals surface area (Å²) in [5, 5.41) is 7.28. The van der Waals surface area contributed by atoms with E-state index in [-0.39, 0.29) is 5.91 Å². The highest BCUT2D eigenvalue weighted by Crippen LogP contribution is 2.33. The van der Waals surface area contributed by atoms with Gasteiger partial charge in [0.1, 0.15) is 5.75 Å². The summed E-state index contributed by atoms with van der Waals surface area (Å²) >= 11 is 0. The molecule has 1 spiro atoms. The lowest BCUT2D eigenvalue weighted by molar-refractivity contribution is -0.0307. The molecule has 1 amide bonds. The Kier molecular flexibility index (Phi) is 3.34. The maximum Gasteiger partial charge on any atom is 0.258 e. The predicted molar refractivity (Wildman–Crippen MR) is 85.0 cm³/mol. The first-order valence-corrected chi connectivity index (χ1v) is 7.95. The molecular weight excluding hydrogens is 292 g/mol. The van der Waals surface area contributed by atoms with Crippen LogP contribution in [-0.4, -0.2) is 39.4 Å². The number of benzene rings is 1. The van der Waals surface area contributed by atoms with E-state index in [1.54, 1.807) is 6.07 Å². The van der Waals surface area contributed by atoms with Crippen LogP contribution < -0.4 is 10.1 Å². The minimum absolute atomic E-state index is 0.0352. The molecule has 0 unspecified atom stereocenters. The fraction of sp³-hybridized carbons (Fsp3) is 0.412. The standard InChI is InChI=1S/C17H20N4O2/c1-20-13(6-9-18-20)12-21-10-7-17(8-11-21)19-16(22)14-4-2-3-5-15(14)23-17/h2-6,9H,7-8,10-12H2,1H3,(H,19,22). The summed E-state index contributed by atoms with van der Waals surface area (Å²) in [6, 6.07) is 9.48. The SMILES string of the molecule is Cn1nccc1CN1CCC2(CC1)NC(=O)c1ccccc1O2. The van der Waals surface area contributed by atoms with E-state index in [2.05, 4.69) is 15.3 Å². The van der Waals surface area contributed by atoms with E-state index in [1.165, 1.54) is 5.69 Å². The van der Waals surface area contributed by atoms with Gasteiger partial charge < -0.3 is 10.1 Å². The third kappa shape index (κ3) is 2.59. The largest absolute Gasteiger partial charge is 0.467 e. The van der Waals surface area contributed by atoms with Gasteiger partial charge in [-0.2, -0.15) is 5.10 Å². The maximum atomic E-state index is 12.3. The van der Waals surface area contributed by atoms with Crippen LogP contribution in [-0.2, 0) is 13.6 Å². The molecule has 4 rings (SSSR count). The number of nitrogens with one attached hydrogen (secondary N) is 1. The lowest BCUT2D eigenvalue weighted by Crippen LogP contribution is -2.60. The Hall–Kier alpha value is -2.34. The Morgan fingerprint density at radius 1 is 1.26 bits per heavy atom. The van der Waals surface area contributed by atoms with Gasteiger partial charge in [-0.25, -0.2) is 0 Å². The average molecular weight is 312 g/mol. The summed E-state index contributed by atoms with van der Waals surface area (Å²) < 4.78 is 8.06. The smallest absolute Gasteiger partial charge is 0.258 e. The number of carbonyl (C=O) groups is 1. The number of fused-ring (bicyclic) bond motifs is 1. The van der Waals surface area contributed by atoms with Crippen molar-refractivity contribution in [2.24, 2.45) is 7.05 Å². The third-order valence-corrected chi connectivity index (χ3v) is 4.75. The number of aromatic nitrogens is 2. The van der Waals surface area contributed by atoms with E-state index < -0.39 is 5.72 Å². The number of hydrogen-bond donors (Lipinski definition) is 1. The quantitative estimate of drug-likeness (QED) is 0.914. The van der Waals surface area contributed by atoms with Crippen LogP contribution in [0.25, 0.3) is 0 Å². The average Bonchev–Trinajstić information content (AvgIpc) is 2.95. The van der Waals surface area contributed by atoms with Gasteiger partial charge in [-0.3, -0.25) is 14.4 Å². The van der Waals surface area contributed by atoms with Crippen LogP contribution in [0.15, 0.2) is 36.5 Å². The molecule has 6 heteroatoms. The van der Waals surface area contributed by atoms with Gasteiger partial charge in [0.15, 0.2) is 5.72 Å². The van der Waals surface area contributed by atoms with E-state index in [9.17, 15) is 4.79 Å². The molecule has 2 aliphatic rings. The van der Waals surface area contributed by atoms with Crippen LogP contribution in [0.3, 0.4) is 0 Å². The van der Waals surface area contributed by atoms with Crippen molar-refractivity contribution in [3.8, 4) is 5.75 Å². The highest BCUT2D eigenvalue weighted by atomic mass is 16.5.